The van der Waals surface area contributed by atoms with E-state index in [4.69, 9.17) is 9.47 Å². The highest BCUT2D eigenvalue weighted by Gasteiger charge is 2.55. The molecule has 0 aromatic heterocycles. The van der Waals surface area contributed by atoms with E-state index in [0.29, 0.717) is 0 Å². The smallest absolute Gasteiger partial charge is 0.408 e. The Balaban J connectivity index is 1.44. The van der Waals surface area contributed by atoms with Gasteiger partial charge in [0.05, 0.1) is 12.1 Å². The van der Waals surface area contributed by atoms with Gasteiger partial charge >= 0.3 is 12.1 Å². The van der Waals surface area contributed by atoms with Gasteiger partial charge in [0.25, 0.3) is 5.91 Å². The van der Waals surface area contributed by atoms with Crippen molar-refractivity contribution in [3.05, 3.63) is 119 Å². The van der Waals surface area contributed by atoms with Crippen molar-refractivity contribution in [3.63, 3.8) is 0 Å². The molecule has 1 saturated heterocycles. The van der Waals surface area contributed by atoms with Crippen LogP contribution in [0.4, 0.5) is 4.79 Å². The molecule has 2 atom stereocenters. The fourth-order valence-electron chi connectivity index (χ4n) is 4.88. The molecule has 0 radical (unpaired) electrons. The van der Waals surface area contributed by atoms with Gasteiger partial charge < -0.3 is 20.1 Å². The first-order valence-electron chi connectivity index (χ1n) is 13.9. The predicted octanol–water partition coefficient (Wildman–Crippen LogP) is 4.70. The molecular formula is C33H33N3O6S. The second-order valence-corrected chi connectivity index (χ2v) is 12.3. The van der Waals surface area contributed by atoms with Crippen LogP contribution in [0.2, 0.25) is 0 Å². The predicted molar refractivity (Wildman–Crippen MR) is 162 cm³/mol. The number of fused-ring (bicyclic) bond motifs is 1. The van der Waals surface area contributed by atoms with Gasteiger partial charge in [0, 0.05) is 5.75 Å². The van der Waals surface area contributed by atoms with Gasteiger partial charge in [-0.25, -0.2) is 9.59 Å². The van der Waals surface area contributed by atoms with Crippen molar-refractivity contribution in [2.75, 3.05) is 5.75 Å². The third-order valence-electron chi connectivity index (χ3n) is 6.76. The van der Waals surface area contributed by atoms with Gasteiger partial charge in [-0.1, -0.05) is 91.0 Å². The summed E-state index contributed by atoms with van der Waals surface area (Å²) >= 11 is 1.33. The van der Waals surface area contributed by atoms with E-state index in [9.17, 15) is 19.2 Å². The fourth-order valence-corrected chi connectivity index (χ4v) is 6.16. The Morgan fingerprint density at radius 2 is 1.47 bits per heavy atom. The van der Waals surface area contributed by atoms with Crippen LogP contribution in [-0.2, 0) is 30.3 Å². The van der Waals surface area contributed by atoms with E-state index in [1.807, 2.05) is 91.0 Å². The number of benzene rings is 3. The average Bonchev–Trinajstić information content (AvgIpc) is 2.98. The monoisotopic (exact) mass is 599 g/mol. The maximum atomic E-state index is 14.0. The Kier molecular flexibility index (Phi) is 8.86. The van der Waals surface area contributed by atoms with Gasteiger partial charge in [-0.15, -0.1) is 11.8 Å². The molecular weight excluding hydrogens is 566 g/mol. The third kappa shape index (κ3) is 7.09. The number of esters is 1. The number of nitrogens with zero attached hydrogens (tertiary/aromatic N) is 1. The lowest BCUT2D eigenvalue weighted by Gasteiger charge is -2.49. The standard InChI is InChI=1S/C33H33N3O6S/c1-33(2,3)42-32(40)35-26-29(38)36-27(24(20-43-30(26)36)34-25(37)19-21-13-7-4-8-14-21)31(39)41-28(22-15-9-5-10-16-22)23-17-11-6-12-18-23/h4-18,26,28,30H,19-20H2,1-3H3,(H,34,37)(H,35,40)/t26?,30-/m0/s1. The first-order chi connectivity index (χ1) is 20.6. The molecule has 2 aliphatic heterocycles. The molecule has 0 bridgehead atoms. The maximum Gasteiger partial charge on any atom is 0.408 e. The van der Waals surface area contributed by atoms with Crippen molar-refractivity contribution in [2.45, 2.75) is 50.3 Å². The zero-order chi connectivity index (χ0) is 30.6. The summed E-state index contributed by atoms with van der Waals surface area (Å²) < 4.78 is 11.4. The summed E-state index contributed by atoms with van der Waals surface area (Å²) in [4.78, 5) is 54.3. The summed E-state index contributed by atoms with van der Waals surface area (Å²) in [7, 11) is 0. The van der Waals surface area contributed by atoms with Crippen molar-refractivity contribution in [1.82, 2.24) is 15.5 Å². The molecule has 0 spiro atoms. The second kappa shape index (κ2) is 12.7. The first-order valence-corrected chi connectivity index (χ1v) is 15.0. The minimum Gasteiger partial charge on any atom is -0.448 e. The van der Waals surface area contributed by atoms with Gasteiger partial charge in [0.15, 0.2) is 11.8 Å². The zero-order valence-corrected chi connectivity index (χ0v) is 24.9. The van der Waals surface area contributed by atoms with E-state index >= 15 is 0 Å². The Morgan fingerprint density at radius 3 is 2.02 bits per heavy atom. The zero-order valence-electron chi connectivity index (χ0n) is 24.1. The number of ether oxygens (including phenoxy) is 2. The largest absolute Gasteiger partial charge is 0.448 e. The number of hydrogen-bond acceptors (Lipinski definition) is 7. The third-order valence-corrected chi connectivity index (χ3v) is 8.04. The van der Waals surface area contributed by atoms with Crippen molar-refractivity contribution < 1.29 is 28.7 Å². The van der Waals surface area contributed by atoms with Crippen molar-refractivity contribution in [2.24, 2.45) is 0 Å². The molecule has 0 aliphatic carbocycles. The van der Waals surface area contributed by atoms with E-state index < -0.39 is 41.1 Å². The van der Waals surface area contributed by atoms with Crippen LogP contribution >= 0.6 is 11.8 Å². The molecule has 9 nitrogen and oxygen atoms in total. The Labute approximate surface area is 254 Å². The molecule has 1 fully saturated rings. The van der Waals surface area contributed by atoms with Crippen LogP contribution in [0.15, 0.2) is 102 Å². The van der Waals surface area contributed by atoms with Crippen LogP contribution < -0.4 is 10.6 Å². The number of amides is 3. The normalized spacial score (nSPS) is 18.0. The Hall–Kier alpha value is -4.57. The number of hydrogen-bond donors (Lipinski definition) is 2. The number of rotatable bonds is 8. The minimum atomic E-state index is -0.900. The van der Waals surface area contributed by atoms with Crippen LogP contribution in [0.3, 0.4) is 0 Å². The van der Waals surface area contributed by atoms with E-state index in [1.165, 1.54) is 16.7 Å². The molecule has 1 unspecified atom stereocenters. The highest BCUT2D eigenvalue weighted by Crippen LogP contribution is 2.41. The molecule has 0 saturated carbocycles. The SMILES string of the molecule is CC(C)(C)OC(=O)NC1C(=O)N2C(C(=O)OC(c3ccccc3)c3ccccc3)=C(NC(=O)Cc3ccccc3)CS[C@@H]12. The molecule has 43 heavy (non-hydrogen) atoms. The van der Waals surface area contributed by atoms with Crippen molar-refractivity contribution in [1.29, 1.82) is 0 Å². The number of thioether (sulfide) groups is 1. The lowest BCUT2D eigenvalue weighted by atomic mass is 10.0. The van der Waals surface area contributed by atoms with Gasteiger partial charge in [0.2, 0.25) is 5.91 Å². The van der Waals surface area contributed by atoms with Gasteiger partial charge in [0.1, 0.15) is 17.0 Å². The summed E-state index contributed by atoms with van der Waals surface area (Å²) in [5.74, 6) is -1.37. The van der Waals surface area contributed by atoms with Crippen molar-refractivity contribution in [3.8, 4) is 0 Å². The molecule has 2 aliphatic rings. The molecule has 5 rings (SSSR count). The quantitative estimate of drug-likeness (QED) is 0.285. The summed E-state index contributed by atoms with van der Waals surface area (Å²) in [6.07, 6.45) is -1.40. The number of nitrogens with one attached hydrogen (secondary N) is 2. The molecule has 2 N–H and O–H groups in total. The minimum absolute atomic E-state index is 0.0470. The maximum absolute atomic E-state index is 14.0. The highest BCUT2D eigenvalue weighted by atomic mass is 32.2. The molecule has 3 aromatic rings. The first kappa shape index (κ1) is 29.9. The van der Waals surface area contributed by atoms with Crippen LogP contribution in [-0.4, -0.2) is 51.5 Å². The van der Waals surface area contributed by atoms with Crippen LogP contribution in [0.5, 0.6) is 0 Å². The molecule has 2 heterocycles. The van der Waals surface area contributed by atoms with E-state index in [1.54, 1.807) is 20.8 Å². The Morgan fingerprint density at radius 1 is 0.907 bits per heavy atom. The van der Waals surface area contributed by atoms with Crippen LogP contribution in [0.25, 0.3) is 0 Å². The molecule has 3 amide bonds. The number of alkyl carbamates (subject to hydrolysis) is 1. The molecule has 222 valence electrons. The number of carbonyl (C=O) groups excluding carboxylic acids is 4. The number of carbonyl (C=O) groups is 4. The van der Waals surface area contributed by atoms with Crippen LogP contribution in [0.1, 0.15) is 43.6 Å². The highest BCUT2D eigenvalue weighted by molar-refractivity contribution is 8.00. The van der Waals surface area contributed by atoms with Gasteiger partial charge in [-0.3, -0.25) is 14.5 Å². The summed E-state index contributed by atoms with van der Waals surface area (Å²) in [6, 6.07) is 26.9. The summed E-state index contributed by atoms with van der Waals surface area (Å²) in [5.41, 5.74) is 1.79. The Bertz CT molecular complexity index is 1480. The van der Waals surface area contributed by atoms with E-state index in [2.05, 4.69) is 10.6 Å². The fraction of sp³-hybridized carbons (Fsp3) is 0.273. The van der Waals surface area contributed by atoms with Gasteiger partial charge in [-0.05, 0) is 37.5 Å². The second-order valence-electron chi connectivity index (χ2n) is 11.2. The summed E-state index contributed by atoms with van der Waals surface area (Å²) in [5, 5.41) is 4.90. The number of β-lactam (4-membered cyclic amide) rings is 1. The van der Waals surface area contributed by atoms with E-state index in [0.717, 1.165) is 16.7 Å². The molecule has 3 aromatic carbocycles. The summed E-state index contributed by atoms with van der Waals surface area (Å²) in [6.45, 7) is 5.19. The lowest BCUT2D eigenvalue weighted by molar-refractivity contribution is -0.153. The van der Waals surface area contributed by atoms with Crippen molar-refractivity contribution >= 4 is 35.6 Å². The van der Waals surface area contributed by atoms with E-state index in [-0.39, 0.29) is 29.5 Å². The van der Waals surface area contributed by atoms with Gasteiger partial charge in [-0.2, -0.15) is 0 Å². The molecule has 10 heteroatoms. The topological polar surface area (TPSA) is 114 Å². The van der Waals surface area contributed by atoms with Crippen LogP contribution in [0, 0.1) is 0 Å². The lowest BCUT2D eigenvalue weighted by Crippen LogP contribution is -2.71. The average molecular weight is 600 g/mol.